The van der Waals surface area contributed by atoms with E-state index < -0.39 is 17.9 Å². The van der Waals surface area contributed by atoms with E-state index in [0.717, 1.165) is 0 Å². The van der Waals surface area contributed by atoms with Gasteiger partial charge in [0.2, 0.25) is 5.91 Å². The summed E-state index contributed by atoms with van der Waals surface area (Å²) in [4.78, 5) is 26.2. The molecule has 112 valence electrons. The lowest BCUT2D eigenvalue weighted by molar-refractivity contribution is -0.142. The summed E-state index contributed by atoms with van der Waals surface area (Å²) in [6.07, 6.45) is 1.58. The first kappa shape index (κ1) is 10.4. The van der Waals surface area contributed by atoms with Gasteiger partial charge in [0.05, 0.1) is 11.9 Å². The highest BCUT2D eigenvalue weighted by Gasteiger charge is 2.21. The number of carbonyl (C=O) groups is 2. The first-order valence-corrected chi connectivity index (χ1v) is 6.71. The molecule has 0 bridgehead atoms. The van der Waals surface area contributed by atoms with Crippen LogP contribution in [0.4, 0.5) is 0 Å². The molecule has 0 fully saturated rings. The van der Waals surface area contributed by atoms with Crippen molar-refractivity contribution in [2.75, 3.05) is 0 Å². The molecule has 0 aliphatic heterocycles. The van der Waals surface area contributed by atoms with Crippen molar-refractivity contribution in [1.29, 1.82) is 0 Å². The Kier molecular flexibility index (Phi) is 3.20. The second-order valence-corrected chi connectivity index (χ2v) is 5.33. The monoisotopic (exact) mass is 292 g/mol. The Morgan fingerprint density at radius 2 is 2.10 bits per heavy atom. The zero-order valence-corrected chi connectivity index (χ0v) is 11.9. The van der Waals surface area contributed by atoms with E-state index in [-0.39, 0.29) is 47.4 Å². The fourth-order valence-electron chi connectivity index (χ4n) is 2.14. The topological polar surface area (TPSA) is 82.2 Å². The lowest BCUT2D eigenvalue weighted by Crippen LogP contribution is -2.42. The summed E-state index contributed by atoms with van der Waals surface area (Å²) in [6, 6.07) is -2.14. The van der Waals surface area contributed by atoms with Gasteiger partial charge in [0, 0.05) is 17.1 Å². The van der Waals surface area contributed by atoms with E-state index in [4.69, 9.17) is 5.48 Å². The van der Waals surface area contributed by atoms with E-state index in [2.05, 4.69) is 10.3 Å². The number of carboxylic acid groups (broad SMARTS) is 1. The maximum atomic E-state index is 12.2. The van der Waals surface area contributed by atoms with Crippen molar-refractivity contribution >= 4 is 22.8 Å². The number of amides is 1. The standard InChI is InChI=1S/C16H20N2O3/c1-10(2)7-14(16(20)21)18-15(19)8-11-9-17-13-6-4-3-5-12(11)13/h3-6,9-10,14,17H,7-8H2,1-2H3,(H,18,19)(H,20,21)/t14-/m0/s1/i3D,4D,5D,6D. The molecule has 0 unspecified atom stereocenters. The maximum absolute atomic E-state index is 12.2. The van der Waals surface area contributed by atoms with Crippen LogP contribution in [-0.4, -0.2) is 28.0 Å². The van der Waals surface area contributed by atoms with Crippen molar-refractivity contribution in [1.82, 2.24) is 10.3 Å². The van der Waals surface area contributed by atoms with Crippen LogP contribution in [-0.2, 0) is 16.0 Å². The molecule has 3 N–H and O–H groups in total. The van der Waals surface area contributed by atoms with Crippen LogP contribution >= 0.6 is 0 Å². The van der Waals surface area contributed by atoms with Crippen LogP contribution in [0.25, 0.3) is 10.9 Å². The number of aromatic amines is 1. The van der Waals surface area contributed by atoms with E-state index in [9.17, 15) is 14.7 Å². The molecule has 1 heterocycles. The fraction of sp³-hybridized carbons (Fsp3) is 0.375. The SMILES string of the molecule is [2H]c1c([2H])c([2H])c2c(CC(=O)N[C@@H](CC(C)C)C(=O)O)c[nH]c2c1[2H]. The summed E-state index contributed by atoms with van der Waals surface area (Å²) in [5.74, 6) is -1.52. The Labute approximate surface area is 129 Å². The molecule has 2 aromatic rings. The quantitative estimate of drug-likeness (QED) is 0.764. The highest BCUT2D eigenvalue weighted by Crippen LogP contribution is 2.18. The van der Waals surface area contributed by atoms with Crippen molar-refractivity contribution < 1.29 is 20.2 Å². The highest BCUT2D eigenvalue weighted by atomic mass is 16.4. The zero-order valence-electron chi connectivity index (χ0n) is 15.9. The Morgan fingerprint density at radius 1 is 1.38 bits per heavy atom. The minimum Gasteiger partial charge on any atom is -0.480 e. The lowest BCUT2D eigenvalue weighted by Gasteiger charge is -2.16. The normalized spacial score (nSPS) is 15.2. The molecule has 0 aliphatic carbocycles. The zero-order chi connectivity index (χ0) is 18.9. The van der Waals surface area contributed by atoms with Crippen molar-refractivity contribution in [3.05, 3.63) is 35.9 Å². The van der Waals surface area contributed by atoms with Crippen molar-refractivity contribution in [3.63, 3.8) is 0 Å². The summed E-state index contributed by atoms with van der Waals surface area (Å²) in [5.41, 5.74) is 0.624. The number of aromatic nitrogens is 1. The molecule has 2 rings (SSSR count). The molecule has 0 saturated carbocycles. The molecule has 0 spiro atoms. The Hall–Kier alpha value is -2.30. The van der Waals surface area contributed by atoms with Crippen LogP contribution in [0.1, 0.15) is 31.3 Å². The number of hydrogen-bond acceptors (Lipinski definition) is 2. The predicted octanol–water partition coefficient (Wildman–Crippen LogP) is 2.33. The largest absolute Gasteiger partial charge is 0.480 e. The number of benzene rings is 1. The molecule has 5 nitrogen and oxygen atoms in total. The van der Waals surface area contributed by atoms with Gasteiger partial charge in [-0.2, -0.15) is 0 Å². The van der Waals surface area contributed by atoms with E-state index in [1.807, 2.05) is 13.8 Å². The predicted molar refractivity (Wildman–Crippen MR) is 81.0 cm³/mol. The van der Waals surface area contributed by atoms with E-state index in [1.54, 1.807) is 0 Å². The van der Waals surface area contributed by atoms with Gasteiger partial charge in [-0.1, -0.05) is 32.0 Å². The van der Waals surface area contributed by atoms with Gasteiger partial charge in [-0.05, 0) is 23.9 Å². The lowest BCUT2D eigenvalue weighted by atomic mass is 10.0. The summed E-state index contributed by atoms with van der Waals surface area (Å²) < 4.78 is 31.3. The van der Waals surface area contributed by atoms with Gasteiger partial charge >= 0.3 is 5.97 Å². The number of carboxylic acids is 1. The van der Waals surface area contributed by atoms with Crippen molar-refractivity contribution in [2.45, 2.75) is 32.7 Å². The minimum atomic E-state index is -1.11. The molecule has 0 saturated heterocycles. The average Bonchev–Trinajstić information content (AvgIpc) is 2.93. The molecule has 5 heteroatoms. The third-order valence-corrected chi connectivity index (χ3v) is 3.09. The van der Waals surface area contributed by atoms with E-state index in [1.165, 1.54) is 6.20 Å². The molecule has 1 aromatic carbocycles. The molecular weight excluding hydrogens is 268 g/mol. The molecule has 0 aliphatic rings. The van der Waals surface area contributed by atoms with Crippen LogP contribution in [0.15, 0.2) is 30.4 Å². The minimum absolute atomic E-state index is 0.0987. The highest BCUT2D eigenvalue weighted by molar-refractivity contribution is 5.90. The summed E-state index contributed by atoms with van der Waals surface area (Å²) >= 11 is 0. The van der Waals surface area contributed by atoms with Crippen LogP contribution in [0.2, 0.25) is 0 Å². The number of para-hydroxylation sites is 1. The molecule has 1 aromatic heterocycles. The van der Waals surface area contributed by atoms with E-state index in [0.29, 0.717) is 12.0 Å². The maximum Gasteiger partial charge on any atom is 0.326 e. The number of nitrogens with one attached hydrogen (secondary N) is 2. The number of aliphatic carboxylic acids is 1. The Bertz CT molecular complexity index is 833. The van der Waals surface area contributed by atoms with Gasteiger partial charge in [-0.15, -0.1) is 0 Å². The number of carbonyl (C=O) groups excluding carboxylic acids is 1. The van der Waals surface area contributed by atoms with E-state index >= 15 is 0 Å². The second-order valence-electron chi connectivity index (χ2n) is 5.33. The molecular formula is C16H20N2O3. The number of H-pyrrole nitrogens is 1. The van der Waals surface area contributed by atoms with Crippen molar-refractivity contribution in [3.8, 4) is 0 Å². The van der Waals surface area contributed by atoms with Gasteiger partial charge in [-0.25, -0.2) is 4.79 Å². The van der Waals surface area contributed by atoms with Gasteiger partial charge in [0.25, 0.3) is 0 Å². The van der Waals surface area contributed by atoms with Gasteiger partial charge < -0.3 is 15.4 Å². The number of rotatable bonds is 6. The van der Waals surface area contributed by atoms with Gasteiger partial charge in [0.1, 0.15) is 6.04 Å². The van der Waals surface area contributed by atoms with Crippen LogP contribution in [0.3, 0.4) is 0 Å². The van der Waals surface area contributed by atoms with Gasteiger partial charge in [-0.3, -0.25) is 4.79 Å². The Balaban J connectivity index is 2.29. The first-order chi connectivity index (χ1) is 11.6. The Morgan fingerprint density at radius 3 is 2.76 bits per heavy atom. The van der Waals surface area contributed by atoms with Crippen LogP contribution in [0, 0.1) is 5.92 Å². The number of hydrogen-bond donors (Lipinski definition) is 3. The smallest absolute Gasteiger partial charge is 0.326 e. The molecule has 0 radical (unpaired) electrons. The summed E-state index contributed by atoms with van der Waals surface area (Å²) in [7, 11) is 0. The first-order valence-electron chi connectivity index (χ1n) is 8.71. The summed E-state index contributed by atoms with van der Waals surface area (Å²) in [6.45, 7) is 3.72. The summed E-state index contributed by atoms with van der Waals surface area (Å²) in [5, 5.41) is 11.9. The fourth-order valence-corrected chi connectivity index (χ4v) is 2.14. The molecule has 21 heavy (non-hydrogen) atoms. The number of fused-ring (bicyclic) bond motifs is 1. The third kappa shape index (κ3) is 3.84. The second kappa shape index (κ2) is 6.43. The molecule has 1 atom stereocenters. The van der Waals surface area contributed by atoms with Crippen LogP contribution in [0.5, 0.6) is 0 Å². The van der Waals surface area contributed by atoms with Crippen molar-refractivity contribution in [2.24, 2.45) is 5.92 Å². The molecule has 1 amide bonds. The van der Waals surface area contributed by atoms with Gasteiger partial charge in [0.15, 0.2) is 0 Å². The average molecular weight is 292 g/mol. The third-order valence-electron chi connectivity index (χ3n) is 3.09. The van der Waals surface area contributed by atoms with Crippen LogP contribution < -0.4 is 5.32 Å².